The molecule has 0 radical (unpaired) electrons. The molecule has 0 aromatic heterocycles. The third kappa shape index (κ3) is 2.47. The van der Waals surface area contributed by atoms with Gasteiger partial charge < -0.3 is 14.7 Å². The van der Waals surface area contributed by atoms with Crippen molar-refractivity contribution in [3.8, 4) is 11.5 Å². The van der Waals surface area contributed by atoms with Crippen LogP contribution in [-0.4, -0.2) is 35.6 Å². The van der Waals surface area contributed by atoms with E-state index in [1.807, 2.05) is 0 Å². The van der Waals surface area contributed by atoms with Crippen molar-refractivity contribution >= 4 is 5.91 Å². The second-order valence-electron chi connectivity index (χ2n) is 4.36. The Morgan fingerprint density at radius 2 is 2.33 bits per heavy atom. The maximum atomic E-state index is 12.3. The van der Waals surface area contributed by atoms with E-state index < -0.39 is 0 Å². The summed E-state index contributed by atoms with van der Waals surface area (Å²) in [7, 11) is 1.48. The number of hydrogen-bond acceptors (Lipinski definition) is 3. The molecule has 1 aromatic rings. The van der Waals surface area contributed by atoms with E-state index in [1.165, 1.54) is 13.2 Å². The van der Waals surface area contributed by atoms with Crippen molar-refractivity contribution in [2.24, 2.45) is 0 Å². The van der Waals surface area contributed by atoms with E-state index in [0.717, 1.165) is 12.8 Å². The van der Waals surface area contributed by atoms with Crippen LogP contribution in [0.25, 0.3) is 0 Å². The van der Waals surface area contributed by atoms with Gasteiger partial charge >= 0.3 is 0 Å². The second kappa shape index (κ2) is 5.12. The normalized spacial score (nSPS) is 14.1. The summed E-state index contributed by atoms with van der Waals surface area (Å²) in [6, 6.07) is 5.03. The van der Waals surface area contributed by atoms with E-state index in [1.54, 1.807) is 23.1 Å². The van der Waals surface area contributed by atoms with Crippen LogP contribution in [0.4, 0.5) is 0 Å². The van der Waals surface area contributed by atoms with Gasteiger partial charge in [-0.15, -0.1) is 6.58 Å². The molecule has 4 nitrogen and oxygen atoms in total. The number of phenols is 1. The third-order valence-corrected chi connectivity index (χ3v) is 3.00. The molecule has 0 saturated heterocycles. The quantitative estimate of drug-likeness (QED) is 0.811. The van der Waals surface area contributed by atoms with E-state index in [9.17, 15) is 9.90 Å². The zero-order valence-corrected chi connectivity index (χ0v) is 10.4. The topological polar surface area (TPSA) is 49.8 Å². The Labute approximate surface area is 106 Å². The highest BCUT2D eigenvalue weighted by atomic mass is 16.5. The Hall–Kier alpha value is -1.97. The summed E-state index contributed by atoms with van der Waals surface area (Å²) in [5.41, 5.74) is 0.474. The lowest BCUT2D eigenvalue weighted by atomic mass is 10.1. The van der Waals surface area contributed by atoms with Crippen LogP contribution in [0.2, 0.25) is 0 Å². The molecule has 0 atom stereocenters. The zero-order valence-electron chi connectivity index (χ0n) is 10.4. The summed E-state index contributed by atoms with van der Waals surface area (Å²) < 4.78 is 4.96. The summed E-state index contributed by atoms with van der Waals surface area (Å²) in [6.45, 7) is 4.21. The fourth-order valence-corrected chi connectivity index (χ4v) is 1.91. The van der Waals surface area contributed by atoms with Crippen molar-refractivity contribution in [1.29, 1.82) is 0 Å². The van der Waals surface area contributed by atoms with Crippen LogP contribution in [0.5, 0.6) is 11.5 Å². The molecule has 0 heterocycles. The molecular formula is C14H17NO3. The van der Waals surface area contributed by atoms with Crippen LogP contribution in [-0.2, 0) is 0 Å². The molecule has 0 spiro atoms. The average molecular weight is 247 g/mol. The predicted molar refractivity (Wildman–Crippen MR) is 68.9 cm³/mol. The van der Waals surface area contributed by atoms with Crippen molar-refractivity contribution in [1.82, 2.24) is 4.90 Å². The number of amides is 1. The van der Waals surface area contributed by atoms with E-state index in [2.05, 4.69) is 6.58 Å². The van der Waals surface area contributed by atoms with E-state index >= 15 is 0 Å². The lowest BCUT2D eigenvalue weighted by molar-refractivity contribution is 0.0762. The summed E-state index contributed by atoms with van der Waals surface area (Å²) in [6.07, 6.45) is 3.81. The lowest BCUT2D eigenvalue weighted by Gasteiger charge is -2.20. The smallest absolute Gasteiger partial charge is 0.254 e. The van der Waals surface area contributed by atoms with Gasteiger partial charge in [0.15, 0.2) is 11.5 Å². The van der Waals surface area contributed by atoms with Gasteiger partial charge in [0.05, 0.1) is 7.11 Å². The molecule has 96 valence electrons. The monoisotopic (exact) mass is 247 g/mol. The first-order valence-corrected chi connectivity index (χ1v) is 5.96. The summed E-state index contributed by atoms with van der Waals surface area (Å²) in [4.78, 5) is 14.1. The highest BCUT2D eigenvalue weighted by molar-refractivity contribution is 5.95. The Morgan fingerprint density at radius 1 is 1.61 bits per heavy atom. The molecule has 0 unspecified atom stereocenters. The van der Waals surface area contributed by atoms with Crippen LogP contribution < -0.4 is 4.74 Å². The minimum Gasteiger partial charge on any atom is -0.504 e. The highest BCUT2D eigenvalue weighted by Gasteiger charge is 2.32. The van der Waals surface area contributed by atoms with Gasteiger partial charge in [0.25, 0.3) is 5.91 Å². The number of nitrogens with zero attached hydrogens (tertiary/aromatic N) is 1. The fourth-order valence-electron chi connectivity index (χ4n) is 1.91. The molecule has 0 aliphatic heterocycles. The SMILES string of the molecule is C=CCN(C(=O)c1ccc(OC)c(O)c1)C1CC1. The molecule has 2 rings (SSSR count). The molecule has 0 bridgehead atoms. The maximum absolute atomic E-state index is 12.3. The largest absolute Gasteiger partial charge is 0.504 e. The van der Waals surface area contributed by atoms with Crippen LogP contribution in [0.3, 0.4) is 0 Å². The fraction of sp³-hybridized carbons (Fsp3) is 0.357. The van der Waals surface area contributed by atoms with Crippen molar-refractivity contribution in [2.45, 2.75) is 18.9 Å². The number of carbonyl (C=O) groups is 1. The van der Waals surface area contributed by atoms with Gasteiger partial charge in [0.1, 0.15) is 0 Å². The van der Waals surface area contributed by atoms with Crippen molar-refractivity contribution in [2.75, 3.05) is 13.7 Å². The van der Waals surface area contributed by atoms with Crippen LogP contribution in [0.15, 0.2) is 30.9 Å². The van der Waals surface area contributed by atoms with Crippen LogP contribution in [0.1, 0.15) is 23.2 Å². The number of phenolic OH excluding ortho intramolecular Hbond substituents is 1. The molecular weight excluding hydrogens is 230 g/mol. The number of ether oxygens (including phenoxy) is 1. The Morgan fingerprint density at radius 3 is 2.83 bits per heavy atom. The van der Waals surface area contributed by atoms with Crippen molar-refractivity contribution < 1.29 is 14.6 Å². The van der Waals surface area contributed by atoms with E-state index in [4.69, 9.17) is 4.74 Å². The molecule has 18 heavy (non-hydrogen) atoms. The number of hydrogen-bond donors (Lipinski definition) is 1. The number of carbonyl (C=O) groups excluding carboxylic acids is 1. The van der Waals surface area contributed by atoms with Gasteiger partial charge in [0.2, 0.25) is 0 Å². The molecule has 1 N–H and O–H groups in total. The van der Waals surface area contributed by atoms with E-state index in [-0.39, 0.29) is 11.7 Å². The Kier molecular flexibility index (Phi) is 3.55. The van der Waals surface area contributed by atoms with Crippen LogP contribution in [0, 0.1) is 0 Å². The van der Waals surface area contributed by atoms with Crippen molar-refractivity contribution in [3.63, 3.8) is 0 Å². The molecule has 1 saturated carbocycles. The first kappa shape index (κ1) is 12.5. The molecule has 1 aliphatic carbocycles. The minimum absolute atomic E-state index is 0.0160. The number of aromatic hydroxyl groups is 1. The van der Waals surface area contributed by atoms with Crippen molar-refractivity contribution in [3.05, 3.63) is 36.4 Å². The molecule has 1 aliphatic rings. The molecule has 4 heteroatoms. The van der Waals surface area contributed by atoms with Gasteiger partial charge in [-0.25, -0.2) is 0 Å². The Bertz CT molecular complexity index is 466. The first-order chi connectivity index (χ1) is 8.67. The third-order valence-electron chi connectivity index (χ3n) is 3.00. The zero-order chi connectivity index (χ0) is 13.1. The summed E-state index contributed by atoms with van der Waals surface area (Å²) >= 11 is 0. The molecule has 1 fully saturated rings. The summed E-state index contributed by atoms with van der Waals surface area (Å²) in [5, 5.41) is 9.69. The highest BCUT2D eigenvalue weighted by Crippen LogP contribution is 2.30. The Balaban J connectivity index is 2.21. The second-order valence-corrected chi connectivity index (χ2v) is 4.36. The standard InChI is InChI=1S/C14H17NO3/c1-3-8-15(11-5-6-11)14(17)10-4-7-13(18-2)12(16)9-10/h3-4,7,9,11,16H,1,5-6,8H2,2H3. The number of rotatable bonds is 5. The van der Waals surface area contributed by atoms with Crippen LogP contribution >= 0.6 is 0 Å². The number of benzene rings is 1. The van der Waals surface area contributed by atoms with Gasteiger partial charge in [-0.1, -0.05) is 6.08 Å². The van der Waals surface area contributed by atoms with E-state index in [0.29, 0.717) is 23.9 Å². The number of methoxy groups -OCH3 is 1. The predicted octanol–water partition coefficient (Wildman–Crippen LogP) is 2.19. The maximum Gasteiger partial charge on any atom is 0.254 e. The average Bonchev–Trinajstić information content (AvgIpc) is 3.19. The van der Waals surface area contributed by atoms with Gasteiger partial charge in [-0.05, 0) is 31.0 Å². The van der Waals surface area contributed by atoms with Gasteiger partial charge in [-0.2, -0.15) is 0 Å². The minimum atomic E-state index is -0.0737. The molecule has 1 aromatic carbocycles. The lowest BCUT2D eigenvalue weighted by Crippen LogP contribution is -2.33. The summed E-state index contributed by atoms with van der Waals surface area (Å²) in [5.74, 6) is 0.279. The van der Waals surface area contributed by atoms with Gasteiger partial charge in [-0.3, -0.25) is 4.79 Å². The van der Waals surface area contributed by atoms with Gasteiger partial charge in [0, 0.05) is 18.2 Å². The first-order valence-electron chi connectivity index (χ1n) is 5.96. The molecule has 1 amide bonds.